The zero-order chi connectivity index (χ0) is 27.2. The molecule has 2 amide bonds. The van der Waals surface area contributed by atoms with Gasteiger partial charge in [-0.15, -0.1) is 0 Å². The maximum Gasteiger partial charge on any atom is 0.245 e. The second-order valence-corrected chi connectivity index (χ2v) is 11.1. The highest BCUT2D eigenvalue weighted by Gasteiger charge is 2.67. The maximum atomic E-state index is 13.9. The van der Waals surface area contributed by atoms with Gasteiger partial charge in [0.15, 0.2) is 11.6 Å². The quantitative estimate of drug-likeness (QED) is 0.491. The van der Waals surface area contributed by atoms with Gasteiger partial charge in [-0.25, -0.2) is 0 Å². The number of rotatable bonds is 4. The van der Waals surface area contributed by atoms with Crippen LogP contribution in [0.2, 0.25) is 0 Å². The van der Waals surface area contributed by atoms with E-state index in [1.165, 1.54) is 6.92 Å². The van der Waals surface area contributed by atoms with E-state index in [1.54, 1.807) is 14.5 Å². The van der Waals surface area contributed by atoms with Crippen LogP contribution in [0.5, 0.6) is 0 Å². The SMILES string of the molecule is CCC(=O)[C@@H]1C[C@@]23C[C@H]2N1C(=O)Cn1nc(C(C)=O)c2cc(NC)cc(c21)C/C=C/CCCC(=O)N(C)C3. The third-order valence-corrected chi connectivity index (χ3v) is 8.50. The van der Waals surface area contributed by atoms with Gasteiger partial charge in [-0.1, -0.05) is 19.1 Å². The molecule has 2 fully saturated rings. The molecule has 0 spiro atoms. The van der Waals surface area contributed by atoms with Crippen LogP contribution in [0.3, 0.4) is 0 Å². The number of anilines is 1. The fraction of sp³-hybridized carbons (Fsp3) is 0.552. The Morgan fingerprint density at radius 3 is 2.66 bits per heavy atom. The predicted molar refractivity (Wildman–Crippen MR) is 145 cm³/mol. The zero-order valence-electron chi connectivity index (χ0n) is 22.7. The summed E-state index contributed by atoms with van der Waals surface area (Å²) in [7, 11) is 3.66. The fourth-order valence-electron chi connectivity index (χ4n) is 6.47. The van der Waals surface area contributed by atoms with Crippen molar-refractivity contribution in [3.05, 3.63) is 35.5 Å². The minimum atomic E-state index is -0.485. The van der Waals surface area contributed by atoms with Gasteiger partial charge in [-0.3, -0.25) is 23.9 Å². The molecule has 3 aliphatic rings. The van der Waals surface area contributed by atoms with Gasteiger partial charge in [0.25, 0.3) is 0 Å². The number of nitrogens with zero attached hydrogens (tertiary/aromatic N) is 4. The first-order valence-corrected chi connectivity index (χ1v) is 13.6. The monoisotopic (exact) mass is 519 g/mol. The lowest BCUT2D eigenvalue weighted by Gasteiger charge is -2.26. The molecule has 3 heterocycles. The highest BCUT2D eigenvalue weighted by molar-refractivity contribution is 6.06. The van der Waals surface area contributed by atoms with Crippen LogP contribution in [0.25, 0.3) is 10.9 Å². The van der Waals surface area contributed by atoms with E-state index in [9.17, 15) is 19.2 Å². The number of hydrogen-bond acceptors (Lipinski definition) is 6. The predicted octanol–water partition coefficient (Wildman–Crippen LogP) is 3.36. The molecule has 1 aromatic heterocycles. The summed E-state index contributed by atoms with van der Waals surface area (Å²) in [6.07, 6.45) is 8.52. The molecule has 3 atom stereocenters. The van der Waals surface area contributed by atoms with Crippen LogP contribution in [-0.4, -0.2) is 75.7 Å². The minimum absolute atomic E-state index is 0.0474. The number of piperidine rings is 1. The van der Waals surface area contributed by atoms with Gasteiger partial charge < -0.3 is 15.1 Å². The van der Waals surface area contributed by atoms with Crippen molar-refractivity contribution in [3.63, 3.8) is 0 Å². The van der Waals surface area contributed by atoms with Crippen LogP contribution in [0.1, 0.15) is 68.4 Å². The number of aromatic nitrogens is 2. The first-order valence-electron chi connectivity index (χ1n) is 13.6. The summed E-state index contributed by atoms with van der Waals surface area (Å²) in [5.41, 5.74) is 2.70. The van der Waals surface area contributed by atoms with Crippen LogP contribution in [0, 0.1) is 5.41 Å². The van der Waals surface area contributed by atoms with E-state index in [0.29, 0.717) is 43.3 Å². The van der Waals surface area contributed by atoms with Crippen molar-refractivity contribution in [1.82, 2.24) is 19.6 Å². The third-order valence-electron chi connectivity index (χ3n) is 8.50. The zero-order valence-corrected chi connectivity index (χ0v) is 22.7. The summed E-state index contributed by atoms with van der Waals surface area (Å²) < 4.78 is 1.65. The Balaban J connectivity index is 1.60. The molecule has 1 N–H and O–H groups in total. The van der Waals surface area contributed by atoms with Crippen molar-refractivity contribution in [1.29, 1.82) is 0 Å². The second-order valence-electron chi connectivity index (χ2n) is 11.1. The Hall–Kier alpha value is -3.49. The first-order chi connectivity index (χ1) is 18.2. The highest BCUT2D eigenvalue weighted by atomic mass is 16.2. The molecule has 9 nitrogen and oxygen atoms in total. The van der Waals surface area contributed by atoms with E-state index in [0.717, 1.165) is 36.0 Å². The Bertz CT molecular complexity index is 1340. The number of benzene rings is 1. The highest BCUT2D eigenvalue weighted by Crippen LogP contribution is 2.60. The van der Waals surface area contributed by atoms with Gasteiger partial charge in [-0.05, 0) is 49.8 Å². The van der Waals surface area contributed by atoms with Crippen LogP contribution >= 0.6 is 0 Å². The van der Waals surface area contributed by atoms with E-state index < -0.39 is 6.04 Å². The maximum absolute atomic E-state index is 13.9. The van der Waals surface area contributed by atoms with Crippen molar-refractivity contribution in [3.8, 4) is 0 Å². The standard InChI is InChI=1S/C29H37N5O4/c1-5-23(36)22-14-29-15-24(29)34(22)26(38)16-33-28-19(10-8-6-7-9-11-25(37)32(4)17-29)12-20(30-3)13-21(28)27(31-33)18(2)35/h6,8,12-13,22,24,30H,5,7,9-11,14-17H2,1-4H3/b8-6+/t22-,24+,29-/m0/s1. The number of ketones is 2. The lowest BCUT2D eigenvalue weighted by molar-refractivity contribution is -0.139. The van der Waals surface area contributed by atoms with Gasteiger partial charge in [0.1, 0.15) is 12.2 Å². The van der Waals surface area contributed by atoms with Crippen molar-refractivity contribution in [2.24, 2.45) is 5.41 Å². The molecule has 0 unspecified atom stereocenters. The second kappa shape index (κ2) is 10.0. The number of nitrogens with one attached hydrogen (secondary N) is 1. The molecular weight excluding hydrogens is 482 g/mol. The summed E-state index contributed by atoms with van der Waals surface area (Å²) in [4.78, 5) is 55.8. The lowest BCUT2D eigenvalue weighted by Crippen LogP contribution is -2.44. The lowest BCUT2D eigenvalue weighted by atomic mass is 9.95. The summed E-state index contributed by atoms with van der Waals surface area (Å²) in [5, 5.41) is 8.51. The van der Waals surface area contributed by atoms with E-state index >= 15 is 0 Å². The third kappa shape index (κ3) is 4.52. The molecular formula is C29H37N5O4. The van der Waals surface area contributed by atoms with Crippen molar-refractivity contribution in [2.45, 2.75) is 77.4 Å². The van der Waals surface area contributed by atoms with E-state index in [2.05, 4.69) is 22.6 Å². The molecule has 2 aliphatic heterocycles. The molecule has 38 heavy (non-hydrogen) atoms. The number of amides is 2. The van der Waals surface area contributed by atoms with Crippen molar-refractivity contribution >= 4 is 40.0 Å². The molecule has 1 saturated heterocycles. The van der Waals surface area contributed by atoms with Gasteiger partial charge in [0.05, 0.1) is 11.6 Å². The average Bonchev–Trinajstić information content (AvgIpc) is 3.29. The number of carbonyl (C=O) groups is 4. The van der Waals surface area contributed by atoms with Crippen molar-refractivity contribution < 1.29 is 19.2 Å². The van der Waals surface area contributed by atoms with E-state index in [1.807, 2.05) is 33.2 Å². The largest absolute Gasteiger partial charge is 0.388 e. The molecule has 1 saturated carbocycles. The molecule has 202 valence electrons. The molecule has 5 rings (SSSR count). The van der Waals surface area contributed by atoms with Crippen LogP contribution in [0.4, 0.5) is 5.69 Å². The smallest absolute Gasteiger partial charge is 0.245 e. The minimum Gasteiger partial charge on any atom is -0.388 e. The molecule has 2 aromatic rings. The molecule has 1 aromatic carbocycles. The molecule has 9 heteroatoms. The topological polar surface area (TPSA) is 105 Å². The van der Waals surface area contributed by atoms with Crippen LogP contribution in [-0.2, 0) is 27.3 Å². The van der Waals surface area contributed by atoms with Crippen LogP contribution < -0.4 is 5.32 Å². The summed E-state index contributed by atoms with van der Waals surface area (Å²) >= 11 is 0. The number of allylic oxidation sites excluding steroid dienone is 2. The summed E-state index contributed by atoms with van der Waals surface area (Å²) in [6.45, 7) is 3.83. The van der Waals surface area contributed by atoms with E-state index in [-0.39, 0.29) is 41.4 Å². The number of Topliss-reactive ketones (excluding diaryl/α,β-unsaturated/α-hetero) is 2. The van der Waals surface area contributed by atoms with Gasteiger partial charge in [0.2, 0.25) is 11.8 Å². The number of carbonyl (C=O) groups excluding carboxylic acids is 4. The van der Waals surface area contributed by atoms with Gasteiger partial charge in [0, 0.05) is 62.9 Å². The Labute approximate surface area is 223 Å². The fourth-order valence-corrected chi connectivity index (χ4v) is 6.47. The summed E-state index contributed by atoms with van der Waals surface area (Å²) in [6, 6.07) is 3.38. The first kappa shape index (κ1) is 26.1. The average molecular weight is 520 g/mol. The van der Waals surface area contributed by atoms with Crippen molar-refractivity contribution in [2.75, 3.05) is 26.0 Å². The molecule has 1 aliphatic carbocycles. The molecule has 2 bridgehead atoms. The van der Waals surface area contributed by atoms with Gasteiger partial charge >= 0.3 is 0 Å². The van der Waals surface area contributed by atoms with Crippen LogP contribution in [0.15, 0.2) is 24.3 Å². The normalized spacial score (nSPS) is 26.7. The summed E-state index contributed by atoms with van der Waals surface area (Å²) in [5.74, 6) is -0.177. The van der Waals surface area contributed by atoms with Gasteiger partial charge in [-0.2, -0.15) is 5.10 Å². The Morgan fingerprint density at radius 2 is 1.95 bits per heavy atom. The Kier molecular flexibility index (Phi) is 6.88. The Morgan fingerprint density at radius 1 is 1.16 bits per heavy atom. The number of hydrogen-bond donors (Lipinski definition) is 1. The van der Waals surface area contributed by atoms with E-state index in [4.69, 9.17) is 0 Å². The molecule has 0 radical (unpaired) electrons.